The summed E-state index contributed by atoms with van der Waals surface area (Å²) in [5.41, 5.74) is 4.03. The molecule has 0 unspecified atom stereocenters. The van der Waals surface area contributed by atoms with Crippen molar-refractivity contribution in [1.82, 2.24) is 19.7 Å². The zero-order valence-electron chi connectivity index (χ0n) is 15.7. The second-order valence-corrected chi connectivity index (χ2v) is 7.46. The molecular weight excluding hydrogens is 430 g/mol. The van der Waals surface area contributed by atoms with Gasteiger partial charge in [0.05, 0.1) is 23.5 Å². The molecule has 6 nitrogen and oxygen atoms in total. The van der Waals surface area contributed by atoms with Gasteiger partial charge in [0.15, 0.2) is 0 Å². The third-order valence-electron chi connectivity index (χ3n) is 4.40. The normalized spacial score (nSPS) is 10.7. The smallest absolute Gasteiger partial charge is 0.259 e. The minimum Gasteiger partial charge on any atom is -0.289 e. The number of benzene rings is 2. The van der Waals surface area contributed by atoms with E-state index in [1.54, 1.807) is 17.1 Å². The number of hydrogen-bond donors (Lipinski definition) is 1. The maximum Gasteiger partial charge on any atom is 0.259 e. The van der Waals surface area contributed by atoms with E-state index < -0.39 is 0 Å². The predicted molar refractivity (Wildman–Crippen MR) is 116 cm³/mol. The van der Waals surface area contributed by atoms with E-state index in [-0.39, 0.29) is 11.9 Å². The highest BCUT2D eigenvalue weighted by Crippen LogP contribution is 2.22. The van der Waals surface area contributed by atoms with Crippen LogP contribution in [0, 0.1) is 6.92 Å². The Morgan fingerprint density at radius 1 is 1.07 bits per heavy atom. The van der Waals surface area contributed by atoms with Crippen molar-refractivity contribution in [2.24, 2.45) is 0 Å². The summed E-state index contributed by atoms with van der Waals surface area (Å²) < 4.78 is 2.67. The van der Waals surface area contributed by atoms with E-state index in [0.717, 1.165) is 21.3 Å². The molecule has 1 N–H and O–H groups in total. The minimum atomic E-state index is -0.284. The van der Waals surface area contributed by atoms with Crippen LogP contribution in [-0.2, 0) is 6.54 Å². The zero-order chi connectivity index (χ0) is 20.2. The van der Waals surface area contributed by atoms with E-state index in [0.29, 0.717) is 17.8 Å². The Hall–Kier alpha value is -3.32. The molecular formula is C22H18BrN5O. The van der Waals surface area contributed by atoms with Gasteiger partial charge in [-0.05, 0) is 36.8 Å². The molecule has 0 saturated carbocycles. The summed E-state index contributed by atoms with van der Waals surface area (Å²) in [5.74, 6) is -0.0188. The Kier molecular flexibility index (Phi) is 5.48. The van der Waals surface area contributed by atoms with Crippen molar-refractivity contribution in [2.75, 3.05) is 5.32 Å². The molecule has 4 aromatic rings. The highest BCUT2D eigenvalue weighted by Gasteiger charge is 2.14. The lowest BCUT2D eigenvalue weighted by molar-refractivity contribution is 0.102. The first-order chi connectivity index (χ1) is 14.1. The SMILES string of the molecule is Cc1nc(-c2cccc(Br)c2)ccc1C(=O)Nc1ncn(Cc2ccccc2)n1. The number of carbonyl (C=O) groups excluding carboxylic acids is 1. The van der Waals surface area contributed by atoms with Crippen LogP contribution in [0.5, 0.6) is 0 Å². The highest BCUT2D eigenvalue weighted by atomic mass is 79.9. The Morgan fingerprint density at radius 3 is 2.66 bits per heavy atom. The maximum absolute atomic E-state index is 12.7. The average molecular weight is 448 g/mol. The van der Waals surface area contributed by atoms with Gasteiger partial charge in [-0.25, -0.2) is 9.67 Å². The van der Waals surface area contributed by atoms with E-state index in [1.165, 1.54) is 0 Å². The van der Waals surface area contributed by atoms with E-state index in [9.17, 15) is 4.79 Å². The Balaban J connectivity index is 1.47. The van der Waals surface area contributed by atoms with Crippen molar-refractivity contribution in [3.8, 4) is 11.3 Å². The van der Waals surface area contributed by atoms with Crippen LogP contribution in [-0.4, -0.2) is 25.7 Å². The molecule has 1 amide bonds. The van der Waals surface area contributed by atoms with Gasteiger partial charge in [0, 0.05) is 10.0 Å². The van der Waals surface area contributed by atoms with Crippen LogP contribution in [0.15, 0.2) is 77.5 Å². The van der Waals surface area contributed by atoms with Crippen LogP contribution >= 0.6 is 15.9 Å². The van der Waals surface area contributed by atoms with Crippen molar-refractivity contribution in [1.29, 1.82) is 0 Å². The van der Waals surface area contributed by atoms with Crippen LogP contribution in [0.3, 0.4) is 0 Å². The molecule has 2 aromatic carbocycles. The summed E-state index contributed by atoms with van der Waals surface area (Å²) in [6.07, 6.45) is 1.60. The number of amides is 1. The molecule has 144 valence electrons. The summed E-state index contributed by atoms with van der Waals surface area (Å²) in [6, 6.07) is 21.4. The maximum atomic E-state index is 12.7. The number of aromatic nitrogens is 4. The van der Waals surface area contributed by atoms with E-state index in [4.69, 9.17) is 0 Å². The number of rotatable bonds is 5. The Bertz CT molecular complexity index is 1160. The monoisotopic (exact) mass is 447 g/mol. The van der Waals surface area contributed by atoms with Crippen molar-refractivity contribution >= 4 is 27.8 Å². The van der Waals surface area contributed by atoms with Crippen LogP contribution < -0.4 is 5.32 Å². The van der Waals surface area contributed by atoms with Crippen LogP contribution in [0.2, 0.25) is 0 Å². The van der Waals surface area contributed by atoms with Crippen molar-refractivity contribution in [3.63, 3.8) is 0 Å². The molecule has 4 rings (SSSR count). The lowest BCUT2D eigenvalue weighted by Crippen LogP contribution is -2.15. The number of carbonyl (C=O) groups is 1. The molecule has 2 aromatic heterocycles. The van der Waals surface area contributed by atoms with Gasteiger partial charge in [-0.15, -0.1) is 5.10 Å². The summed E-state index contributed by atoms with van der Waals surface area (Å²) >= 11 is 3.47. The van der Waals surface area contributed by atoms with Gasteiger partial charge in [0.25, 0.3) is 5.91 Å². The van der Waals surface area contributed by atoms with Crippen molar-refractivity contribution in [2.45, 2.75) is 13.5 Å². The number of nitrogens with zero attached hydrogens (tertiary/aromatic N) is 4. The number of nitrogens with one attached hydrogen (secondary N) is 1. The standard InChI is InChI=1S/C22H18BrN5O/c1-15-19(10-11-20(25-15)17-8-5-9-18(23)12-17)21(29)26-22-24-14-28(27-22)13-16-6-3-2-4-7-16/h2-12,14H,13H2,1H3,(H,26,27,29). The lowest BCUT2D eigenvalue weighted by atomic mass is 10.1. The van der Waals surface area contributed by atoms with Gasteiger partial charge in [0.1, 0.15) is 6.33 Å². The van der Waals surface area contributed by atoms with Crippen LogP contribution in [0.4, 0.5) is 5.95 Å². The fourth-order valence-corrected chi connectivity index (χ4v) is 3.38. The van der Waals surface area contributed by atoms with Gasteiger partial charge < -0.3 is 0 Å². The summed E-state index contributed by atoms with van der Waals surface area (Å²) in [7, 11) is 0. The third-order valence-corrected chi connectivity index (χ3v) is 4.89. The average Bonchev–Trinajstić information content (AvgIpc) is 3.15. The van der Waals surface area contributed by atoms with Crippen LogP contribution in [0.1, 0.15) is 21.6 Å². The first-order valence-corrected chi connectivity index (χ1v) is 9.86. The molecule has 0 bridgehead atoms. The number of pyridine rings is 1. The molecule has 2 heterocycles. The molecule has 0 aliphatic heterocycles. The molecule has 0 fully saturated rings. The van der Waals surface area contributed by atoms with Crippen LogP contribution in [0.25, 0.3) is 11.3 Å². The van der Waals surface area contributed by atoms with Crippen molar-refractivity contribution < 1.29 is 4.79 Å². The third kappa shape index (κ3) is 4.57. The molecule has 0 atom stereocenters. The fraction of sp³-hybridized carbons (Fsp3) is 0.0909. The second kappa shape index (κ2) is 8.36. The fourth-order valence-electron chi connectivity index (χ4n) is 2.98. The number of halogens is 1. The molecule has 0 saturated heterocycles. The molecule has 0 aliphatic carbocycles. The number of hydrogen-bond acceptors (Lipinski definition) is 4. The van der Waals surface area contributed by atoms with Gasteiger partial charge >= 0.3 is 0 Å². The molecule has 0 spiro atoms. The Labute approximate surface area is 176 Å². The van der Waals surface area contributed by atoms with Gasteiger partial charge in [-0.3, -0.25) is 15.1 Å². The molecule has 0 radical (unpaired) electrons. The number of aryl methyl sites for hydroxylation is 1. The highest BCUT2D eigenvalue weighted by molar-refractivity contribution is 9.10. The Morgan fingerprint density at radius 2 is 1.90 bits per heavy atom. The summed E-state index contributed by atoms with van der Waals surface area (Å²) in [6.45, 7) is 2.41. The molecule has 29 heavy (non-hydrogen) atoms. The second-order valence-electron chi connectivity index (χ2n) is 6.55. The predicted octanol–water partition coefficient (Wildman–Crippen LogP) is 4.71. The van der Waals surface area contributed by atoms with Gasteiger partial charge in [-0.1, -0.05) is 58.4 Å². The molecule has 7 heteroatoms. The summed E-state index contributed by atoms with van der Waals surface area (Å²) in [5, 5.41) is 7.07. The first kappa shape index (κ1) is 19.0. The summed E-state index contributed by atoms with van der Waals surface area (Å²) in [4.78, 5) is 21.4. The minimum absolute atomic E-state index is 0.265. The molecule has 0 aliphatic rings. The van der Waals surface area contributed by atoms with E-state index in [2.05, 4.69) is 36.3 Å². The first-order valence-electron chi connectivity index (χ1n) is 9.07. The van der Waals surface area contributed by atoms with Crippen molar-refractivity contribution in [3.05, 3.63) is 94.4 Å². The van der Waals surface area contributed by atoms with E-state index >= 15 is 0 Å². The largest absolute Gasteiger partial charge is 0.289 e. The lowest BCUT2D eigenvalue weighted by Gasteiger charge is -2.08. The van der Waals surface area contributed by atoms with Gasteiger partial charge in [0.2, 0.25) is 5.95 Å². The quantitative estimate of drug-likeness (QED) is 0.480. The number of anilines is 1. The zero-order valence-corrected chi connectivity index (χ0v) is 17.3. The topological polar surface area (TPSA) is 72.7 Å². The van der Waals surface area contributed by atoms with E-state index in [1.807, 2.05) is 67.6 Å². The van der Waals surface area contributed by atoms with Gasteiger partial charge in [-0.2, -0.15) is 0 Å².